The maximum Gasteiger partial charge on any atom is 0.269 e. The lowest BCUT2D eigenvalue weighted by atomic mass is 10.1. The predicted molar refractivity (Wildman–Crippen MR) is 98.4 cm³/mol. The molecule has 1 aromatic heterocycles. The highest BCUT2D eigenvalue weighted by atomic mass is 16.6. The Morgan fingerprint density at radius 3 is 2.37 bits per heavy atom. The number of hydrogen-bond donors (Lipinski definition) is 1. The number of ether oxygens (including phenoxy) is 1. The molecule has 1 heterocycles. The third kappa shape index (κ3) is 4.85. The zero-order chi connectivity index (χ0) is 19.1. The molecular formula is C19H16N4O4. The van der Waals surface area contributed by atoms with Crippen molar-refractivity contribution in [3.8, 4) is 17.1 Å². The molecule has 0 unspecified atom stereocenters. The highest BCUT2D eigenvalue weighted by molar-refractivity contribution is 5.94. The number of rotatable bonds is 7. The van der Waals surface area contributed by atoms with E-state index in [4.69, 9.17) is 4.74 Å². The van der Waals surface area contributed by atoms with Crippen LogP contribution in [0.5, 0.6) is 5.88 Å². The lowest BCUT2D eigenvalue weighted by Crippen LogP contribution is -2.28. The Hall–Kier alpha value is -3.81. The van der Waals surface area contributed by atoms with Gasteiger partial charge in [-0.15, -0.1) is 10.2 Å². The summed E-state index contributed by atoms with van der Waals surface area (Å²) in [5.74, 6) is 0.0262. The number of hydrogen-bond acceptors (Lipinski definition) is 6. The van der Waals surface area contributed by atoms with Crippen LogP contribution in [0.3, 0.4) is 0 Å². The maximum atomic E-state index is 12.0. The molecule has 3 rings (SSSR count). The Morgan fingerprint density at radius 1 is 1.00 bits per heavy atom. The lowest BCUT2D eigenvalue weighted by Gasteiger charge is -2.07. The van der Waals surface area contributed by atoms with E-state index < -0.39 is 4.92 Å². The second kappa shape index (κ2) is 8.52. The van der Waals surface area contributed by atoms with Gasteiger partial charge in [-0.25, -0.2) is 0 Å². The molecule has 0 fully saturated rings. The van der Waals surface area contributed by atoms with E-state index in [0.29, 0.717) is 11.4 Å². The predicted octanol–water partition coefficient (Wildman–Crippen LogP) is 2.86. The first-order valence-corrected chi connectivity index (χ1v) is 8.18. The van der Waals surface area contributed by atoms with Gasteiger partial charge in [-0.2, -0.15) is 0 Å². The molecule has 8 heteroatoms. The number of carbonyl (C=O) groups excluding carboxylic acids is 1. The zero-order valence-corrected chi connectivity index (χ0v) is 14.2. The highest BCUT2D eigenvalue weighted by Gasteiger charge is 2.09. The fourth-order valence-electron chi connectivity index (χ4n) is 2.32. The van der Waals surface area contributed by atoms with Crippen molar-refractivity contribution < 1.29 is 14.5 Å². The molecule has 0 aliphatic carbocycles. The zero-order valence-electron chi connectivity index (χ0n) is 14.2. The Morgan fingerprint density at radius 2 is 1.74 bits per heavy atom. The number of nitro benzene ring substituents is 1. The van der Waals surface area contributed by atoms with Crippen LogP contribution in [0.4, 0.5) is 5.69 Å². The summed E-state index contributed by atoms with van der Waals surface area (Å²) in [6.07, 6.45) is 0. The summed E-state index contributed by atoms with van der Waals surface area (Å²) >= 11 is 0. The van der Waals surface area contributed by atoms with E-state index in [1.54, 1.807) is 6.07 Å². The van der Waals surface area contributed by atoms with Crippen LogP contribution in [0.25, 0.3) is 11.3 Å². The molecule has 8 nitrogen and oxygen atoms in total. The van der Waals surface area contributed by atoms with Crippen molar-refractivity contribution in [3.05, 3.63) is 82.4 Å². The van der Waals surface area contributed by atoms with E-state index in [2.05, 4.69) is 15.5 Å². The Kier molecular flexibility index (Phi) is 5.68. The number of nitrogens with zero attached hydrogens (tertiary/aromatic N) is 3. The van der Waals surface area contributed by atoms with Crippen molar-refractivity contribution in [3.63, 3.8) is 0 Å². The lowest BCUT2D eigenvalue weighted by molar-refractivity contribution is -0.384. The summed E-state index contributed by atoms with van der Waals surface area (Å²) in [7, 11) is 0. The Balaban J connectivity index is 1.46. The minimum Gasteiger partial charge on any atom is -0.475 e. The summed E-state index contributed by atoms with van der Waals surface area (Å²) in [5.41, 5.74) is 1.99. The van der Waals surface area contributed by atoms with Gasteiger partial charge in [0.25, 0.3) is 11.6 Å². The van der Waals surface area contributed by atoms with Crippen LogP contribution in [-0.2, 0) is 0 Å². The number of amides is 1. The van der Waals surface area contributed by atoms with Gasteiger partial charge >= 0.3 is 0 Å². The van der Waals surface area contributed by atoms with Crippen LogP contribution < -0.4 is 10.1 Å². The normalized spacial score (nSPS) is 10.2. The number of benzene rings is 2. The Bertz CT molecular complexity index is 913. The van der Waals surface area contributed by atoms with Crippen molar-refractivity contribution >= 4 is 11.6 Å². The number of non-ortho nitro benzene ring substituents is 1. The second-order valence-electron chi connectivity index (χ2n) is 5.53. The largest absolute Gasteiger partial charge is 0.475 e. The first kappa shape index (κ1) is 18.0. The summed E-state index contributed by atoms with van der Waals surface area (Å²) < 4.78 is 5.46. The summed E-state index contributed by atoms with van der Waals surface area (Å²) in [4.78, 5) is 22.1. The van der Waals surface area contributed by atoms with E-state index in [-0.39, 0.29) is 24.7 Å². The Labute approximate surface area is 155 Å². The minimum absolute atomic E-state index is 0.0626. The molecule has 0 bridgehead atoms. The first-order valence-electron chi connectivity index (χ1n) is 8.18. The minimum atomic E-state index is -0.514. The van der Waals surface area contributed by atoms with E-state index in [9.17, 15) is 14.9 Å². The molecular weight excluding hydrogens is 348 g/mol. The summed E-state index contributed by atoms with van der Waals surface area (Å²) in [5, 5.41) is 21.4. The van der Waals surface area contributed by atoms with Crippen LogP contribution in [-0.4, -0.2) is 34.2 Å². The molecule has 0 atom stereocenters. The molecule has 0 aliphatic heterocycles. The van der Waals surface area contributed by atoms with Crippen molar-refractivity contribution in [2.24, 2.45) is 0 Å². The van der Waals surface area contributed by atoms with Crippen molar-refractivity contribution in [2.75, 3.05) is 13.2 Å². The van der Waals surface area contributed by atoms with E-state index >= 15 is 0 Å². The molecule has 136 valence electrons. The van der Waals surface area contributed by atoms with Gasteiger partial charge in [0.15, 0.2) is 0 Å². The van der Waals surface area contributed by atoms with Crippen molar-refractivity contribution in [2.45, 2.75) is 0 Å². The van der Waals surface area contributed by atoms with Gasteiger partial charge in [0.2, 0.25) is 5.88 Å². The molecule has 0 aliphatic rings. The fraction of sp³-hybridized carbons (Fsp3) is 0.105. The molecule has 1 amide bonds. The number of nitrogens with one attached hydrogen (secondary N) is 1. The van der Waals surface area contributed by atoms with Crippen molar-refractivity contribution in [1.29, 1.82) is 0 Å². The van der Waals surface area contributed by atoms with Gasteiger partial charge in [-0.05, 0) is 18.2 Å². The quantitative estimate of drug-likeness (QED) is 0.392. The maximum absolute atomic E-state index is 12.0. The van der Waals surface area contributed by atoms with Crippen LogP contribution in [0.15, 0.2) is 66.7 Å². The fourth-order valence-corrected chi connectivity index (χ4v) is 2.32. The topological polar surface area (TPSA) is 107 Å². The van der Waals surface area contributed by atoms with Gasteiger partial charge < -0.3 is 10.1 Å². The number of carbonyl (C=O) groups is 1. The highest BCUT2D eigenvalue weighted by Crippen LogP contribution is 2.17. The van der Waals surface area contributed by atoms with Crippen LogP contribution in [0, 0.1) is 10.1 Å². The number of nitro groups is 1. The third-order valence-corrected chi connectivity index (χ3v) is 3.69. The molecule has 3 aromatic rings. The SMILES string of the molecule is O=C(NCCOc1ccc(-c2ccccc2)nn1)c1ccc([N+](=O)[O-])cc1. The van der Waals surface area contributed by atoms with E-state index in [0.717, 1.165) is 11.3 Å². The average Bonchev–Trinajstić information content (AvgIpc) is 2.72. The van der Waals surface area contributed by atoms with E-state index in [1.165, 1.54) is 24.3 Å². The summed E-state index contributed by atoms with van der Waals surface area (Å²) in [6, 6.07) is 18.6. The summed E-state index contributed by atoms with van der Waals surface area (Å²) in [6.45, 7) is 0.482. The average molecular weight is 364 g/mol. The molecule has 27 heavy (non-hydrogen) atoms. The van der Waals surface area contributed by atoms with Gasteiger partial charge in [-0.3, -0.25) is 14.9 Å². The second-order valence-corrected chi connectivity index (χ2v) is 5.53. The molecule has 0 radical (unpaired) electrons. The molecule has 0 spiro atoms. The van der Waals surface area contributed by atoms with Gasteiger partial charge in [0.1, 0.15) is 6.61 Å². The van der Waals surface area contributed by atoms with Gasteiger partial charge in [0.05, 0.1) is 17.2 Å². The van der Waals surface area contributed by atoms with Gasteiger partial charge in [0, 0.05) is 29.3 Å². The molecule has 0 saturated heterocycles. The molecule has 1 N–H and O–H groups in total. The molecule has 0 saturated carbocycles. The van der Waals surface area contributed by atoms with Crippen LogP contribution in [0.2, 0.25) is 0 Å². The third-order valence-electron chi connectivity index (χ3n) is 3.69. The van der Waals surface area contributed by atoms with Crippen molar-refractivity contribution in [1.82, 2.24) is 15.5 Å². The first-order chi connectivity index (χ1) is 13.1. The van der Waals surface area contributed by atoms with E-state index in [1.807, 2.05) is 36.4 Å². The van der Waals surface area contributed by atoms with Gasteiger partial charge in [-0.1, -0.05) is 30.3 Å². The molecule has 2 aromatic carbocycles. The van der Waals surface area contributed by atoms with Crippen LogP contribution in [0.1, 0.15) is 10.4 Å². The standard InChI is InChI=1S/C19H16N4O4/c24-19(15-6-8-16(9-7-15)23(25)26)20-12-13-27-18-11-10-17(21-22-18)14-4-2-1-3-5-14/h1-11H,12-13H2,(H,20,24). The van der Waals surface area contributed by atoms with Crippen LogP contribution >= 0.6 is 0 Å². The number of aromatic nitrogens is 2. The monoisotopic (exact) mass is 364 g/mol. The smallest absolute Gasteiger partial charge is 0.269 e.